The third-order valence-corrected chi connectivity index (χ3v) is 4.64. The number of hydrogen-bond donors (Lipinski definition) is 1. The number of fused-ring (bicyclic) bond motifs is 1. The zero-order chi connectivity index (χ0) is 17.8. The van der Waals surface area contributed by atoms with Crippen LogP contribution in [-0.4, -0.2) is 24.5 Å². The first-order chi connectivity index (χ1) is 12.1. The molecule has 0 spiro atoms. The van der Waals surface area contributed by atoms with Crippen molar-refractivity contribution in [2.75, 3.05) is 13.7 Å². The van der Waals surface area contributed by atoms with Crippen LogP contribution in [0.25, 0.3) is 0 Å². The van der Waals surface area contributed by atoms with Gasteiger partial charge in [0.25, 0.3) is 11.6 Å². The van der Waals surface area contributed by atoms with Crippen molar-refractivity contribution in [3.8, 4) is 5.75 Å². The maximum Gasteiger partial charge on any atom is 0.270 e. The lowest BCUT2D eigenvalue weighted by Crippen LogP contribution is -2.30. The van der Waals surface area contributed by atoms with Crippen LogP contribution in [0.1, 0.15) is 40.2 Å². The van der Waals surface area contributed by atoms with E-state index in [1.54, 1.807) is 0 Å². The van der Waals surface area contributed by atoms with Crippen LogP contribution < -0.4 is 10.1 Å². The lowest BCUT2D eigenvalue weighted by molar-refractivity contribution is -0.384. The summed E-state index contributed by atoms with van der Waals surface area (Å²) in [7, 11) is 1.44. The molecule has 2 aromatic rings. The Morgan fingerprint density at radius 1 is 1.32 bits per heavy atom. The molecule has 0 aromatic heterocycles. The molecule has 130 valence electrons. The third kappa shape index (κ3) is 3.63. The number of carbonyl (C=O) groups excluding carboxylic acids is 1. The van der Waals surface area contributed by atoms with E-state index in [-0.39, 0.29) is 23.1 Å². The summed E-state index contributed by atoms with van der Waals surface area (Å²) in [6, 6.07) is 12.3. The quantitative estimate of drug-likeness (QED) is 0.667. The molecule has 1 unspecified atom stereocenters. The molecule has 0 radical (unpaired) electrons. The number of carbonyl (C=O) groups is 1. The first-order valence-electron chi connectivity index (χ1n) is 8.28. The number of nitrogens with zero attached hydrogens (tertiary/aromatic N) is 1. The van der Waals surface area contributed by atoms with Gasteiger partial charge in [0.2, 0.25) is 0 Å². The molecule has 0 saturated heterocycles. The third-order valence-electron chi connectivity index (χ3n) is 4.64. The molecule has 2 aromatic carbocycles. The Balaban J connectivity index is 1.75. The lowest BCUT2D eigenvalue weighted by atomic mass is 9.83. The zero-order valence-electron chi connectivity index (χ0n) is 14.0. The van der Waals surface area contributed by atoms with Gasteiger partial charge in [0.05, 0.1) is 17.6 Å². The Hall–Kier alpha value is -2.89. The minimum absolute atomic E-state index is 0.131. The molecule has 1 aliphatic rings. The number of rotatable bonds is 5. The van der Waals surface area contributed by atoms with Crippen molar-refractivity contribution in [3.63, 3.8) is 0 Å². The summed E-state index contributed by atoms with van der Waals surface area (Å²) in [6.07, 6.45) is 3.18. The molecule has 3 rings (SSSR count). The monoisotopic (exact) mass is 340 g/mol. The molecule has 1 atom stereocenters. The van der Waals surface area contributed by atoms with Crippen LogP contribution in [0, 0.1) is 10.1 Å². The summed E-state index contributed by atoms with van der Waals surface area (Å²) in [5, 5.41) is 13.9. The van der Waals surface area contributed by atoms with E-state index in [1.165, 1.54) is 36.4 Å². The first-order valence-corrected chi connectivity index (χ1v) is 8.28. The number of non-ortho nitro benzene ring substituents is 1. The lowest BCUT2D eigenvalue weighted by Gasteiger charge is -2.25. The van der Waals surface area contributed by atoms with Gasteiger partial charge in [0, 0.05) is 24.6 Å². The van der Waals surface area contributed by atoms with Crippen molar-refractivity contribution in [1.29, 1.82) is 0 Å². The van der Waals surface area contributed by atoms with E-state index in [2.05, 4.69) is 17.4 Å². The largest absolute Gasteiger partial charge is 0.496 e. The minimum Gasteiger partial charge on any atom is -0.496 e. The first kappa shape index (κ1) is 17.0. The Bertz CT molecular complexity index is 804. The maximum atomic E-state index is 12.5. The standard InChI is InChI=1S/C19H20N2O4/c1-25-18-10-9-15(21(23)24)11-17(18)19(22)20-12-14-7-4-6-13-5-2-3-8-16(13)14/h2-3,5,8-11,14H,4,6-7,12H2,1H3,(H,20,22). The summed E-state index contributed by atoms with van der Waals surface area (Å²) in [4.78, 5) is 23.0. The number of aryl methyl sites for hydroxylation is 1. The second-order valence-corrected chi connectivity index (χ2v) is 6.14. The molecule has 0 saturated carbocycles. The van der Waals surface area contributed by atoms with Gasteiger partial charge in [0.15, 0.2) is 0 Å². The van der Waals surface area contributed by atoms with E-state index in [0.29, 0.717) is 12.3 Å². The number of nitro benzene ring substituents is 1. The van der Waals surface area contributed by atoms with Gasteiger partial charge in [-0.1, -0.05) is 24.3 Å². The SMILES string of the molecule is COc1ccc([N+](=O)[O-])cc1C(=O)NCC1CCCc2ccccc21. The van der Waals surface area contributed by atoms with E-state index >= 15 is 0 Å². The number of methoxy groups -OCH3 is 1. The molecule has 6 heteroatoms. The van der Waals surface area contributed by atoms with Gasteiger partial charge in [-0.2, -0.15) is 0 Å². The molecule has 1 amide bonds. The van der Waals surface area contributed by atoms with E-state index in [9.17, 15) is 14.9 Å². The number of ether oxygens (including phenoxy) is 1. The molecule has 0 fully saturated rings. The van der Waals surface area contributed by atoms with Crippen LogP contribution in [0.3, 0.4) is 0 Å². The zero-order valence-corrected chi connectivity index (χ0v) is 14.0. The molecule has 25 heavy (non-hydrogen) atoms. The average Bonchev–Trinajstić information content (AvgIpc) is 2.65. The van der Waals surface area contributed by atoms with Crippen LogP contribution >= 0.6 is 0 Å². The fraction of sp³-hybridized carbons (Fsp3) is 0.316. The highest BCUT2D eigenvalue weighted by Crippen LogP contribution is 2.31. The molecule has 0 bridgehead atoms. The summed E-state index contributed by atoms with van der Waals surface area (Å²) in [5.74, 6) is 0.231. The normalized spacial score (nSPS) is 16.0. The number of amides is 1. The molecule has 1 aliphatic carbocycles. The number of nitrogens with one attached hydrogen (secondary N) is 1. The Morgan fingerprint density at radius 2 is 2.12 bits per heavy atom. The van der Waals surface area contributed by atoms with Crippen LogP contribution in [0.15, 0.2) is 42.5 Å². The molecule has 6 nitrogen and oxygen atoms in total. The van der Waals surface area contributed by atoms with Gasteiger partial charge in [-0.15, -0.1) is 0 Å². The van der Waals surface area contributed by atoms with Crippen LogP contribution in [0.5, 0.6) is 5.75 Å². The van der Waals surface area contributed by atoms with Crippen LogP contribution in [0.2, 0.25) is 0 Å². The highest BCUT2D eigenvalue weighted by atomic mass is 16.6. The highest BCUT2D eigenvalue weighted by molar-refractivity contribution is 5.97. The predicted molar refractivity (Wildman–Crippen MR) is 94.1 cm³/mol. The van der Waals surface area contributed by atoms with E-state index in [4.69, 9.17) is 4.74 Å². The van der Waals surface area contributed by atoms with Crippen LogP contribution in [-0.2, 0) is 6.42 Å². The van der Waals surface area contributed by atoms with Crippen LogP contribution in [0.4, 0.5) is 5.69 Å². The second-order valence-electron chi connectivity index (χ2n) is 6.14. The van der Waals surface area contributed by atoms with Crippen molar-refractivity contribution in [2.24, 2.45) is 0 Å². The van der Waals surface area contributed by atoms with Crippen molar-refractivity contribution in [3.05, 3.63) is 69.3 Å². The molecule has 0 heterocycles. The van der Waals surface area contributed by atoms with Gasteiger partial charge in [0.1, 0.15) is 5.75 Å². The summed E-state index contributed by atoms with van der Waals surface area (Å²) in [6.45, 7) is 0.502. The van der Waals surface area contributed by atoms with E-state index in [0.717, 1.165) is 19.3 Å². The molecule has 1 N–H and O–H groups in total. The maximum absolute atomic E-state index is 12.5. The van der Waals surface area contributed by atoms with Gasteiger partial charge in [-0.05, 0) is 36.5 Å². The minimum atomic E-state index is -0.520. The van der Waals surface area contributed by atoms with Gasteiger partial charge < -0.3 is 10.1 Å². The fourth-order valence-corrected chi connectivity index (χ4v) is 3.36. The smallest absolute Gasteiger partial charge is 0.270 e. The van der Waals surface area contributed by atoms with Gasteiger partial charge in [-0.25, -0.2) is 0 Å². The second kappa shape index (κ2) is 7.34. The average molecular weight is 340 g/mol. The highest BCUT2D eigenvalue weighted by Gasteiger charge is 2.22. The Kier molecular flexibility index (Phi) is 4.97. The fourth-order valence-electron chi connectivity index (χ4n) is 3.36. The summed E-state index contributed by atoms with van der Waals surface area (Å²) in [5.41, 5.74) is 2.66. The van der Waals surface area contributed by atoms with E-state index < -0.39 is 4.92 Å². The molecular formula is C19H20N2O4. The van der Waals surface area contributed by atoms with E-state index in [1.807, 2.05) is 12.1 Å². The summed E-state index contributed by atoms with van der Waals surface area (Å²) < 4.78 is 5.17. The number of nitro groups is 1. The number of hydrogen-bond acceptors (Lipinski definition) is 4. The van der Waals surface area contributed by atoms with Crippen molar-refractivity contribution in [1.82, 2.24) is 5.32 Å². The number of benzene rings is 2. The summed E-state index contributed by atoms with van der Waals surface area (Å²) >= 11 is 0. The Morgan fingerprint density at radius 3 is 2.88 bits per heavy atom. The van der Waals surface area contributed by atoms with Crippen molar-refractivity contribution in [2.45, 2.75) is 25.2 Å². The van der Waals surface area contributed by atoms with Gasteiger partial charge in [-0.3, -0.25) is 14.9 Å². The van der Waals surface area contributed by atoms with Crippen molar-refractivity contribution >= 4 is 11.6 Å². The molecule has 0 aliphatic heterocycles. The Labute approximate surface area is 146 Å². The van der Waals surface area contributed by atoms with Gasteiger partial charge >= 0.3 is 0 Å². The predicted octanol–water partition coefficient (Wildman–Crippen LogP) is 3.45. The van der Waals surface area contributed by atoms with Crippen molar-refractivity contribution < 1.29 is 14.5 Å². The topological polar surface area (TPSA) is 81.5 Å². The molecular weight excluding hydrogens is 320 g/mol.